The first-order valence-electron chi connectivity index (χ1n) is 6.27. The minimum atomic E-state index is -4.46. The molecule has 1 aliphatic heterocycles. The smallest absolute Gasteiger partial charge is 0.397 e. The Morgan fingerprint density at radius 1 is 1.50 bits per heavy atom. The Morgan fingerprint density at radius 3 is 2.85 bits per heavy atom. The van der Waals surface area contributed by atoms with Crippen molar-refractivity contribution in [2.24, 2.45) is 0 Å². The number of hydrogen-bond acceptors (Lipinski definition) is 3. The second-order valence-corrected chi connectivity index (χ2v) is 4.83. The van der Waals surface area contributed by atoms with E-state index in [1.165, 1.54) is 4.90 Å². The molecule has 1 unspecified atom stereocenters. The quantitative estimate of drug-likeness (QED) is 0.857. The van der Waals surface area contributed by atoms with Crippen molar-refractivity contribution >= 4 is 5.91 Å². The van der Waals surface area contributed by atoms with Gasteiger partial charge in [-0.25, -0.2) is 4.98 Å². The van der Waals surface area contributed by atoms with Gasteiger partial charge in [-0.15, -0.1) is 0 Å². The molecule has 1 atom stereocenters. The van der Waals surface area contributed by atoms with Crippen LogP contribution in [-0.4, -0.2) is 41.2 Å². The average molecular weight is 288 g/mol. The Hall–Kier alpha value is -1.79. The van der Waals surface area contributed by atoms with Crippen molar-refractivity contribution in [3.8, 4) is 5.88 Å². The number of pyridine rings is 1. The summed E-state index contributed by atoms with van der Waals surface area (Å²) in [5, 5.41) is 0. The summed E-state index contributed by atoms with van der Waals surface area (Å²) in [6.45, 7) is 2.35. The molecule has 4 nitrogen and oxygen atoms in total. The van der Waals surface area contributed by atoms with Crippen LogP contribution in [0, 0.1) is 6.92 Å². The molecule has 0 radical (unpaired) electrons. The Morgan fingerprint density at radius 2 is 2.25 bits per heavy atom. The fourth-order valence-corrected chi connectivity index (χ4v) is 2.03. The van der Waals surface area contributed by atoms with Gasteiger partial charge in [-0.3, -0.25) is 4.79 Å². The van der Waals surface area contributed by atoms with Crippen molar-refractivity contribution in [1.82, 2.24) is 9.88 Å². The number of nitrogens with zero attached hydrogens (tertiary/aromatic N) is 2. The molecule has 0 spiro atoms. The van der Waals surface area contributed by atoms with E-state index in [1.807, 2.05) is 13.0 Å². The highest BCUT2D eigenvalue weighted by atomic mass is 19.4. The summed E-state index contributed by atoms with van der Waals surface area (Å²) in [5.41, 5.74) is 0.991. The summed E-state index contributed by atoms with van der Waals surface area (Å²) in [6, 6.07) is 3.54. The molecule has 1 amide bonds. The fraction of sp³-hybridized carbons (Fsp3) is 0.538. The molecule has 0 N–H and O–H groups in total. The number of alkyl halides is 3. The highest BCUT2D eigenvalue weighted by molar-refractivity contribution is 5.77. The first-order chi connectivity index (χ1) is 9.33. The van der Waals surface area contributed by atoms with Crippen LogP contribution in [0.15, 0.2) is 18.3 Å². The molecular formula is C13H15F3N2O2. The molecule has 0 aliphatic carbocycles. The van der Waals surface area contributed by atoms with Gasteiger partial charge in [0.1, 0.15) is 12.5 Å². The zero-order chi connectivity index (χ0) is 14.8. The van der Waals surface area contributed by atoms with E-state index in [9.17, 15) is 18.0 Å². The van der Waals surface area contributed by atoms with Crippen molar-refractivity contribution in [2.75, 3.05) is 13.1 Å². The lowest BCUT2D eigenvalue weighted by Crippen LogP contribution is -2.33. The summed E-state index contributed by atoms with van der Waals surface area (Å²) >= 11 is 0. The topological polar surface area (TPSA) is 42.4 Å². The number of likely N-dealkylation sites (tertiary alicyclic amines) is 1. The number of aryl methyl sites for hydroxylation is 1. The first kappa shape index (κ1) is 14.6. The van der Waals surface area contributed by atoms with Crippen molar-refractivity contribution in [2.45, 2.75) is 32.0 Å². The number of carbonyl (C=O) groups is 1. The van der Waals surface area contributed by atoms with Crippen molar-refractivity contribution < 1.29 is 22.7 Å². The van der Waals surface area contributed by atoms with Crippen LogP contribution in [0.2, 0.25) is 0 Å². The molecule has 1 aromatic rings. The highest BCUT2D eigenvalue weighted by Crippen LogP contribution is 2.23. The zero-order valence-electron chi connectivity index (χ0n) is 11.0. The number of ether oxygens (including phenoxy) is 1. The Labute approximate surface area is 114 Å². The number of carbonyl (C=O) groups excluding carboxylic acids is 1. The zero-order valence-corrected chi connectivity index (χ0v) is 11.0. The first-order valence-corrected chi connectivity index (χ1v) is 6.27. The van der Waals surface area contributed by atoms with Gasteiger partial charge in [-0.05, 0) is 12.5 Å². The molecule has 7 heteroatoms. The SMILES string of the molecule is Cc1ccc(OC2CCN(C(=O)CC(F)(F)F)C2)nc1. The molecule has 2 rings (SSSR count). The minimum Gasteiger partial charge on any atom is -0.472 e. The molecule has 20 heavy (non-hydrogen) atoms. The fourth-order valence-electron chi connectivity index (χ4n) is 2.03. The molecule has 1 aliphatic rings. The normalized spacial score (nSPS) is 19.2. The maximum atomic E-state index is 12.2. The van der Waals surface area contributed by atoms with E-state index in [1.54, 1.807) is 12.3 Å². The molecule has 0 saturated carbocycles. The van der Waals surface area contributed by atoms with Gasteiger partial charge in [0, 0.05) is 25.2 Å². The van der Waals surface area contributed by atoms with Crippen LogP contribution in [0.25, 0.3) is 0 Å². The summed E-state index contributed by atoms with van der Waals surface area (Å²) in [4.78, 5) is 16.7. The predicted octanol–water partition coefficient (Wildman–Crippen LogP) is 2.32. The van der Waals surface area contributed by atoms with Crippen LogP contribution in [0.5, 0.6) is 5.88 Å². The molecule has 1 fully saturated rings. The van der Waals surface area contributed by atoms with Gasteiger partial charge >= 0.3 is 6.18 Å². The van der Waals surface area contributed by atoms with Crippen molar-refractivity contribution in [1.29, 1.82) is 0 Å². The highest BCUT2D eigenvalue weighted by Gasteiger charge is 2.36. The summed E-state index contributed by atoms with van der Waals surface area (Å²) in [5.74, 6) is -0.480. The summed E-state index contributed by atoms with van der Waals surface area (Å²) < 4.78 is 42.0. The second-order valence-electron chi connectivity index (χ2n) is 4.83. The molecular weight excluding hydrogens is 273 g/mol. The van der Waals surface area contributed by atoms with Crippen LogP contribution in [0.1, 0.15) is 18.4 Å². The largest absolute Gasteiger partial charge is 0.472 e. The third-order valence-electron chi connectivity index (χ3n) is 3.02. The molecule has 1 saturated heterocycles. The number of amides is 1. The molecule has 0 aromatic carbocycles. The van der Waals surface area contributed by atoms with E-state index in [-0.39, 0.29) is 19.2 Å². The number of halogens is 3. The van der Waals surface area contributed by atoms with Gasteiger partial charge in [-0.2, -0.15) is 13.2 Å². The summed E-state index contributed by atoms with van der Waals surface area (Å²) in [7, 11) is 0. The van der Waals surface area contributed by atoms with E-state index in [2.05, 4.69) is 4.98 Å². The van der Waals surface area contributed by atoms with Crippen LogP contribution >= 0.6 is 0 Å². The summed E-state index contributed by atoms with van der Waals surface area (Å²) in [6.07, 6.45) is -4.02. The lowest BCUT2D eigenvalue weighted by Gasteiger charge is -2.17. The van der Waals surface area contributed by atoms with Gasteiger partial charge < -0.3 is 9.64 Å². The van der Waals surface area contributed by atoms with Crippen LogP contribution in [0.3, 0.4) is 0 Å². The van der Waals surface area contributed by atoms with E-state index in [4.69, 9.17) is 4.74 Å². The standard InChI is InChI=1S/C13H15F3N2O2/c1-9-2-3-11(17-7-9)20-10-4-5-18(8-10)12(19)6-13(14,15)16/h2-3,7,10H,4-6,8H2,1H3. The molecule has 2 heterocycles. The van der Waals surface area contributed by atoms with Gasteiger partial charge in [0.05, 0.1) is 6.54 Å². The van der Waals surface area contributed by atoms with Gasteiger partial charge in [0.2, 0.25) is 11.8 Å². The lowest BCUT2D eigenvalue weighted by molar-refractivity contribution is -0.160. The van der Waals surface area contributed by atoms with E-state index >= 15 is 0 Å². The van der Waals surface area contributed by atoms with Gasteiger partial charge in [-0.1, -0.05) is 6.07 Å². The van der Waals surface area contributed by atoms with Crippen LogP contribution < -0.4 is 4.74 Å². The van der Waals surface area contributed by atoms with E-state index < -0.39 is 18.5 Å². The third-order valence-corrected chi connectivity index (χ3v) is 3.02. The van der Waals surface area contributed by atoms with Crippen LogP contribution in [-0.2, 0) is 4.79 Å². The predicted molar refractivity (Wildman–Crippen MR) is 65.3 cm³/mol. The Bertz CT molecular complexity index is 473. The molecule has 0 bridgehead atoms. The Balaban J connectivity index is 1.86. The monoisotopic (exact) mass is 288 g/mol. The molecule has 1 aromatic heterocycles. The second kappa shape index (κ2) is 5.68. The lowest BCUT2D eigenvalue weighted by atomic mass is 10.3. The molecule has 110 valence electrons. The Kier molecular flexibility index (Phi) is 4.15. The van der Waals surface area contributed by atoms with E-state index in [0.29, 0.717) is 12.3 Å². The number of hydrogen-bond donors (Lipinski definition) is 0. The average Bonchev–Trinajstić information content (AvgIpc) is 2.79. The minimum absolute atomic E-state index is 0.171. The maximum Gasteiger partial charge on any atom is 0.397 e. The number of aromatic nitrogens is 1. The van der Waals surface area contributed by atoms with Gasteiger partial charge in [0.25, 0.3) is 0 Å². The van der Waals surface area contributed by atoms with E-state index in [0.717, 1.165) is 5.56 Å². The third kappa shape index (κ3) is 4.11. The number of rotatable bonds is 3. The van der Waals surface area contributed by atoms with Crippen molar-refractivity contribution in [3.05, 3.63) is 23.9 Å². The maximum absolute atomic E-state index is 12.2. The van der Waals surface area contributed by atoms with Gasteiger partial charge in [0.15, 0.2) is 0 Å². The van der Waals surface area contributed by atoms with Crippen LogP contribution in [0.4, 0.5) is 13.2 Å². The van der Waals surface area contributed by atoms with Crippen molar-refractivity contribution in [3.63, 3.8) is 0 Å².